The van der Waals surface area contributed by atoms with Crippen LogP contribution in [-0.2, 0) is 28.7 Å². The molecular formula is C47H92N4O6. The highest BCUT2D eigenvalue weighted by atomic mass is 16.5. The molecule has 0 aromatic rings. The molecule has 0 aromatic carbocycles. The quantitative estimate of drug-likeness (QED) is 0.0592. The van der Waals surface area contributed by atoms with Gasteiger partial charge in [0, 0.05) is 39.3 Å². The topological polar surface area (TPSA) is 117 Å². The van der Waals surface area contributed by atoms with Gasteiger partial charge in [-0.25, -0.2) is 0 Å². The molecule has 0 atom stereocenters. The summed E-state index contributed by atoms with van der Waals surface area (Å²) < 4.78 is 11.1. The lowest BCUT2D eigenvalue weighted by Crippen LogP contribution is -2.37. The molecule has 57 heavy (non-hydrogen) atoms. The first-order valence-electron chi connectivity index (χ1n) is 24.1. The molecule has 0 radical (unpaired) electrons. The first kappa shape index (κ1) is 54.8. The lowest BCUT2D eigenvalue weighted by atomic mass is 10.1. The number of rotatable bonds is 44. The minimum Gasteiger partial charge on any atom is -0.362 e. The summed E-state index contributed by atoms with van der Waals surface area (Å²) in [6.45, 7) is 12.9. The number of hydrogen-bond donors (Lipinski definition) is 2. The van der Waals surface area contributed by atoms with Crippen molar-refractivity contribution in [2.45, 2.75) is 214 Å². The van der Waals surface area contributed by atoms with Gasteiger partial charge in [0.15, 0.2) is 0 Å². The lowest BCUT2D eigenvalue weighted by Gasteiger charge is -2.23. The Hall–Kier alpha value is -2.20. The Bertz CT molecular complexity index is 832. The second-order valence-corrected chi connectivity index (χ2v) is 16.3. The molecule has 0 unspecified atom stereocenters. The molecule has 336 valence electrons. The summed E-state index contributed by atoms with van der Waals surface area (Å²) in [6.07, 6.45) is 33.4. The highest BCUT2D eigenvalue weighted by Gasteiger charge is 2.15. The second kappa shape index (κ2) is 43.4. The maximum atomic E-state index is 12.9. The van der Waals surface area contributed by atoms with Crippen molar-refractivity contribution in [3.63, 3.8) is 0 Å². The average molecular weight is 809 g/mol. The van der Waals surface area contributed by atoms with Crippen molar-refractivity contribution in [1.29, 1.82) is 0 Å². The maximum absolute atomic E-state index is 12.9. The Labute approximate surface area is 351 Å². The van der Waals surface area contributed by atoms with E-state index < -0.39 is 0 Å². The largest absolute Gasteiger partial charge is 0.362 e. The second-order valence-electron chi connectivity index (χ2n) is 16.3. The molecule has 0 aliphatic carbocycles. The van der Waals surface area contributed by atoms with Gasteiger partial charge >= 0.3 is 0 Å². The zero-order valence-corrected chi connectivity index (χ0v) is 37.9. The summed E-state index contributed by atoms with van der Waals surface area (Å²) in [7, 11) is 0. The summed E-state index contributed by atoms with van der Waals surface area (Å²) in [6, 6.07) is 0. The molecule has 0 aromatic heterocycles. The third-order valence-corrected chi connectivity index (χ3v) is 10.7. The zero-order chi connectivity index (χ0) is 41.9. The Morgan fingerprint density at radius 1 is 0.333 bits per heavy atom. The Balaban J connectivity index is 4.11. The van der Waals surface area contributed by atoms with Crippen molar-refractivity contribution in [3.05, 3.63) is 0 Å². The monoisotopic (exact) mass is 809 g/mol. The van der Waals surface area contributed by atoms with Crippen LogP contribution in [0.5, 0.6) is 0 Å². The molecule has 0 aliphatic rings. The number of nitrogens with one attached hydrogen (secondary N) is 2. The first-order chi connectivity index (χ1) is 27.9. The van der Waals surface area contributed by atoms with Crippen LogP contribution >= 0.6 is 0 Å². The standard InChI is InChI=1S/C47H92N4O6/c1-5-9-13-17-24-30-36-50(37-31-25-18-14-10-6-2)46(54)42-56-40-44(52)48-34-28-22-21-23-29-35-49-45(53)41-57-43-47(55)51(38-32-26-19-15-11-7-3)39-33-27-20-16-12-8-4/h5-43H2,1-4H3,(H,48,52)(H,49,53). The van der Waals surface area contributed by atoms with E-state index in [1.165, 1.54) is 103 Å². The van der Waals surface area contributed by atoms with Crippen LogP contribution in [0, 0.1) is 0 Å². The van der Waals surface area contributed by atoms with Crippen molar-refractivity contribution in [2.75, 3.05) is 65.7 Å². The molecule has 0 bridgehead atoms. The van der Waals surface area contributed by atoms with Crippen molar-refractivity contribution in [2.24, 2.45) is 0 Å². The van der Waals surface area contributed by atoms with Crippen LogP contribution in [0.4, 0.5) is 0 Å². The van der Waals surface area contributed by atoms with Crippen LogP contribution in [0.15, 0.2) is 0 Å². The van der Waals surface area contributed by atoms with Gasteiger partial charge in [-0.15, -0.1) is 0 Å². The average Bonchev–Trinajstić information content (AvgIpc) is 3.20. The van der Waals surface area contributed by atoms with Gasteiger partial charge in [0.05, 0.1) is 0 Å². The van der Waals surface area contributed by atoms with Crippen LogP contribution in [0.2, 0.25) is 0 Å². The van der Waals surface area contributed by atoms with E-state index in [4.69, 9.17) is 9.47 Å². The number of carbonyl (C=O) groups is 4. The van der Waals surface area contributed by atoms with Gasteiger partial charge in [-0.3, -0.25) is 19.2 Å². The summed E-state index contributed by atoms with van der Waals surface area (Å²) in [5, 5.41) is 5.81. The molecule has 2 N–H and O–H groups in total. The van der Waals surface area contributed by atoms with Crippen molar-refractivity contribution in [3.8, 4) is 0 Å². The van der Waals surface area contributed by atoms with Gasteiger partial charge in [0.25, 0.3) is 0 Å². The molecule has 10 nitrogen and oxygen atoms in total. The summed E-state index contributed by atoms with van der Waals surface area (Å²) in [5.41, 5.74) is 0. The number of amides is 4. The van der Waals surface area contributed by atoms with Crippen molar-refractivity contribution < 1.29 is 28.7 Å². The number of unbranched alkanes of at least 4 members (excludes halogenated alkanes) is 24. The Morgan fingerprint density at radius 3 is 0.860 bits per heavy atom. The lowest BCUT2D eigenvalue weighted by molar-refractivity contribution is -0.139. The predicted octanol–water partition coefficient (Wildman–Crippen LogP) is 10.3. The molecule has 0 fully saturated rings. The molecule has 0 aliphatic heterocycles. The van der Waals surface area contributed by atoms with Crippen LogP contribution in [0.25, 0.3) is 0 Å². The van der Waals surface area contributed by atoms with Gasteiger partial charge in [-0.1, -0.05) is 175 Å². The third-order valence-electron chi connectivity index (χ3n) is 10.7. The summed E-state index contributed by atoms with van der Waals surface area (Å²) >= 11 is 0. The third kappa shape index (κ3) is 37.8. The highest BCUT2D eigenvalue weighted by Crippen LogP contribution is 2.11. The SMILES string of the molecule is CCCCCCCCN(CCCCCCCC)C(=O)COCC(=O)NCCCCCCCNC(=O)COCC(=O)N(CCCCCCCC)CCCCCCCC. The molecule has 10 heteroatoms. The minimum atomic E-state index is -0.184. The normalized spacial score (nSPS) is 11.2. The number of carbonyl (C=O) groups excluding carboxylic acids is 4. The van der Waals surface area contributed by atoms with E-state index in [9.17, 15) is 19.2 Å². The van der Waals surface area contributed by atoms with Crippen LogP contribution in [0.1, 0.15) is 214 Å². The molecule has 0 saturated carbocycles. The zero-order valence-electron chi connectivity index (χ0n) is 37.9. The van der Waals surface area contributed by atoms with Gasteiger partial charge < -0.3 is 29.9 Å². The van der Waals surface area contributed by atoms with Crippen LogP contribution in [-0.4, -0.2) is 99.1 Å². The number of nitrogens with zero attached hydrogens (tertiary/aromatic N) is 2. The fourth-order valence-corrected chi connectivity index (χ4v) is 7.04. The van der Waals surface area contributed by atoms with E-state index in [1.807, 2.05) is 9.80 Å². The first-order valence-corrected chi connectivity index (χ1v) is 24.1. The minimum absolute atomic E-state index is 0.0109. The predicted molar refractivity (Wildman–Crippen MR) is 237 cm³/mol. The Morgan fingerprint density at radius 2 is 0.579 bits per heavy atom. The number of ether oxygens (including phenoxy) is 2. The van der Waals surface area contributed by atoms with Crippen LogP contribution < -0.4 is 10.6 Å². The fourth-order valence-electron chi connectivity index (χ4n) is 7.04. The van der Waals surface area contributed by atoms with Gasteiger partial charge in [0.2, 0.25) is 23.6 Å². The van der Waals surface area contributed by atoms with E-state index in [-0.39, 0.29) is 50.1 Å². The van der Waals surface area contributed by atoms with E-state index in [1.54, 1.807) is 0 Å². The fraction of sp³-hybridized carbons (Fsp3) is 0.915. The van der Waals surface area contributed by atoms with Gasteiger partial charge in [-0.05, 0) is 38.5 Å². The summed E-state index contributed by atoms with van der Waals surface area (Å²) in [5.74, 6) is -0.390. The molecule has 4 amide bonds. The Kier molecular flexibility index (Phi) is 41.7. The van der Waals surface area contributed by atoms with Crippen molar-refractivity contribution >= 4 is 23.6 Å². The van der Waals surface area contributed by atoms with E-state index in [2.05, 4.69) is 38.3 Å². The van der Waals surface area contributed by atoms with Crippen LogP contribution in [0.3, 0.4) is 0 Å². The van der Waals surface area contributed by atoms with Crippen molar-refractivity contribution in [1.82, 2.24) is 20.4 Å². The molecule has 0 rings (SSSR count). The summed E-state index contributed by atoms with van der Waals surface area (Å²) in [4.78, 5) is 54.4. The number of hydrogen-bond acceptors (Lipinski definition) is 6. The highest BCUT2D eigenvalue weighted by molar-refractivity contribution is 5.80. The smallest absolute Gasteiger partial charge is 0.248 e. The molecule has 0 heterocycles. The van der Waals surface area contributed by atoms with E-state index in [0.29, 0.717) is 13.1 Å². The molecular weight excluding hydrogens is 717 g/mol. The van der Waals surface area contributed by atoms with E-state index >= 15 is 0 Å². The molecule has 0 spiro atoms. The van der Waals surface area contributed by atoms with Gasteiger partial charge in [0.1, 0.15) is 26.4 Å². The molecule has 0 saturated heterocycles. The van der Waals surface area contributed by atoms with Gasteiger partial charge in [-0.2, -0.15) is 0 Å². The maximum Gasteiger partial charge on any atom is 0.248 e. The van der Waals surface area contributed by atoms with E-state index in [0.717, 1.165) is 110 Å².